The van der Waals surface area contributed by atoms with Crippen LogP contribution in [0.15, 0.2) is 24.3 Å². The zero-order valence-corrected chi connectivity index (χ0v) is 9.03. The Morgan fingerprint density at radius 2 is 2.00 bits per heavy atom. The average Bonchev–Trinajstić information content (AvgIpc) is 2.66. The fourth-order valence-electron chi connectivity index (χ4n) is 2.54. The van der Waals surface area contributed by atoms with Crippen molar-refractivity contribution in [3.05, 3.63) is 35.6 Å². The maximum Gasteiger partial charge on any atom is 0.303 e. The van der Waals surface area contributed by atoms with Crippen molar-refractivity contribution in [2.75, 3.05) is 0 Å². The summed E-state index contributed by atoms with van der Waals surface area (Å²) in [6.45, 7) is 0. The van der Waals surface area contributed by atoms with Crippen LogP contribution in [0.25, 0.3) is 0 Å². The van der Waals surface area contributed by atoms with E-state index in [1.807, 2.05) is 12.1 Å². The molecule has 0 spiro atoms. The van der Waals surface area contributed by atoms with Crippen LogP contribution in [0.3, 0.4) is 0 Å². The molecule has 1 fully saturated rings. The minimum atomic E-state index is -0.718. The van der Waals surface area contributed by atoms with E-state index in [1.165, 1.54) is 12.1 Å². The van der Waals surface area contributed by atoms with E-state index in [9.17, 15) is 9.18 Å². The molecule has 0 heterocycles. The van der Waals surface area contributed by atoms with E-state index in [4.69, 9.17) is 5.11 Å². The molecule has 0 bridgehead atoms. The Morgan fingerprint density at radius 3 is 2.62 bits per heavy atom. The molecule has 0 amide bonds. The van der Waals surface area contributed by atoms with Gasteiger partial charge in [-0.15, -0.1) is 0 Å². The molecule has 2 atom stereocenters. The average molecular weight is 222 g/mol. The van der Waals surface area contributed by atoms with E-state index in [0.717, 1.165) is 24.8 Å². The van der Waals surface area contributed by atoms with Gasteiger partial charge >= 0.3 is 5.97 Å². The number of benzene rings is 1. The molecular weight excluding hydrogens is 207 g/mol. The summed E-state index contributed by atoms with van der Waals surface area (Å²) in [7, 11) is 0. The maximum atomic E-state index is 12.7. The molecule has 1 N–H and O–H groups in total. The molecule has 1 aliphatic rings. The molecular formula is C13H15FO2. The Balaban J connectivity index is 1.98. The highest BCUT2D eigenvalue weighted by Crippen LogP contribution is 2.39. The van der Waals surface area contributed by atoms with Crippen molar-refractivity contribution in [1.82, 2.24) is 0 Å². The number of carboxylic acid groups (broad SMARTS) is 1. The van der Waals surface area contributed by atoms with Gasteiger partial charge in [-0.05, 0) is 48.8 Å². The third-order valence-corrected chi connectivity index (χ3v) is 3.35. The molecule has 2 unspecified atom stereocenters. The predicted octanol–water partition coefficient (Wildman–Crippen LogP) is 3.18. The SMILES string of the molecule is O=C(O)CC1CCC(c2ccc(F)cc2)C1. The summed E-state index contributed by atoms with van der Waals surface area (Å²) in [6, 6.07) is 6.56. The highest BCUT2D eigenvalue weighted by Gasteiger charge is 2.27. The van der Waals surface area contributed by atoms with Crippen molar-refractivity contribution in [3.8, 4) is 0 Å². The lowest BCUT2D eigenvalue weighted by molar-refractivity contribution is -0.138. The zero-order valence-electron chi connectivity index (χ0n) is 9.03. The molecule has 0 aliphatic heterocycles. The van der Waals surface area contributed by atoms with Gasteiger partial charge in [-0.2, -0.15) is 0 Å². The normalized spacial score (nSPS) is 24.6. The molecule has 0 saturated heterocycles. The topological polar surface area (TPSA) is 37.3 Å². The Kier molecular flexibility index (Phi) is 3.22. The monoisotopic (exact) mass is 222 g/mol. The van der Waals surface area contributed by atoms with Crippen LogP contribution in [0.5, 0.6) is 0 Å². The molecule has 0 radical (unpaired) electrons. The lowest BCUT2D eigenvalue weighted by Gasteiger charge is -2.10. The van der Waals surface area contributed by atoms with Gasteiger partial charge in [0.05, 0.1) is 0 Å². The molecule has 2 rings (SSSR count). The number of carboxylic acids is 1. The van der Waals surface area contributed by atoms with Crippen molar-refractivity contribution in [1.29, 1.82) is 0 Å². The summed E-state index contributed by atoms with van der Waals surface area (Å²) in [6.07, 6.45) is 3.16. The van der Waals surface area contributed by atoms with E-state index in [-0.39, 0.29) is 18.2 Å². The summed E-state index contributed by atoms with van der Waals surface area (Å²) in [5.41, 5.74) is 1.13. The summed E-state index contributed by atoms with van der Waals surface area (Å²) in [4.78, 5) is 10.6. The van der Waals surface area contributed by atoms with Gasteiger partial charge in [-0.25, -0.2) is 4.39 Å². The van der Waals surface area contributed by atoms with Gasteiger partial charge in [0.15, 0.2) is 0 Å². The molecule has 1 aromatic carbocycles. The van der Waals surface area contributed by atoms with Crippen LogP contribution in [-0.4, -0.2) is 11.1 Å². The number of hydrogen-bond acceptors (Lipinski definition) is 1. The first-order valence-electron chi connectivity index (χ1n) is 5.62. The maximum absolute atomic E-state index is 12.7. The van der Waals surface area contributed by atoms with Crippen molar-refractivity contribution in [2.24, 2.45) is 5.92 Å². The van der Waals surface area contributed by atoms with Crippen molar-refractivity contribution >= 4 is 5.97 Å². The van der Waals surface area contributed by atoms with E-state index in [0.29, 0.717) is 5.92 Å². The van der Waals surface area contributed by atoms with Gasteiger partial charge in [0.25, 0.3) is 0 Å². The lowest BCUT2D eigenvalue weighted by Crippen LogP contribution is -2.04. The first-order chi connectivity index (χ1) is 7.65. The summed E-state index contributed by atoms with van der Waals surface area (Å²) in [5, 5.41) is 8.72. The molecule has 1 saturated carbocycles. The summed E-state index contributed by atoms with van der Waals surface area (Å²) < 4.78 is 12.7. The van der Waals surface area contributed by atoms with E-state index >= 15 is 0 Å². The molecule has 1 aromatic rings. The van der Waals surface area contributed by atoms with E-state index < -0.39 is 5.97 Å². The number of hydrogen-bond donors (Lipinski definition) is 1. The van der Waals surface area contributed by atoms with Gasteiger partial charge in [-0.1, -0.05) is 12.1 Å². The molecule has 16 heavy (non-hydrogen) atoms. The second kappa shape index (κ2) is 4.64. The Labute approximate surface area is 94.1 Å². The third kappa shape index (κ3) is 2.60. The summed E-state index contributed by atoms with van der Waals surface area (Å²) >= 11 is 0. The third-order valence-electron chi connectivity index (χ3n) is 3.35. The Bertz CT molecular complexity index is 372. The standard InChI is InChI=1S/C13H15FO2/c14-12-5-3-10(4-6-12)11-2-1-9(7-11)8-13(15)16/h3-6,9,11H,1-2,7-8H2,(H,15,16). The second-order valence-corrected chi connectivity index (χ2v) is 4.53. The van der Waals surface area contributed by atoms with Crippen molar-refractivity contribution in [3.63, 3.8) is 0 Å². The van der Waals surface area contributed by atoms with Crippen LogP contribution in [-0.2, 0) is 4.79 Å². The number of halogens is 1. The van der Waals surface area contributed by atoms with Gasteiger partial charge in [0, 0.05) is 6.42 Å². The number of rotatable bonds is 3. The largest absolute Gasteiger partial charge is 0.481 e. The molecule has 86 valence electrons. The Hall–Kier alpha value is -1.38. The summed E-state index contributed by atoms with van der Waals surface area (Å²) in [5.74, 6) is -0.244. The fourth-order valence-corrected chi connectivity index (χ4v) is 2.54. The van der Waals surface area contributed by atoms with Gasteiger partial charge in [0.2, 0.25) is 0 Å². The van der Waals surface area contributed by atoms with Crippen LogP contribution < -0.4 is 0 Å². The molecule has 3 heteroatoms. The highest BCUT2D eigenvalue weighted by atomic mass is 19.1. The van der Waals surface area contributed by atoms with E-state index in [1.54, 1.807) is 0 Å². The van der Waals surface area contributed by atoms with Crippen LogP contribution in [0.2, 0.25) is 0 Å². The van der Waals surface area contributed by atoms with Gasteiger partial charge in [-0.3, -0.25) is 4.79 Å². The fraction of sp³-hybridized carbons (Fsp3) is 0.462. The number of aliphatic carboxylic acids is 1. The van der Waals surface area contributed by atoms with Gasteiger partial charge in [0.1, 0.15) is 5.82 Å². The first-order valence-corrected chi connectivity index (χ1v) is 5.62. The second-order valence-electron chi connectivity index (χ2n) is 4.53. The lowest BCUT2D eigenvalue weighted by atomic mass is 9.95. The smallest absolute Gasteiger partial charge is 0.303 e. The minimum absolute atomic E-state index is 0.219. The zero-order chi connectivity index (χ0) is 11.5. The quantitative estimate of drug-likeness (QED) is 0.852. The minimum Gasteiger partial charge on any atom is -0.481 e. The molecule has 1 aliphatic carbocycles. The highest BCUT2D eigenvalue weighted by molar-refractivity contribution is 5.67. The molecule has 2 nitrogen and oxygen atoms in total. The van der Waals surface area contributed by atoms with Crippen molar-refractivity contribution in [2.45, 2.75) is 31.6 Å². The number of carbonyl (C=O) groups is 1. The van der Waals surface area contributed by atoms with Crippen LogP contribution in [0.1, 0.15) is 37.2 Å². The first kappa shape index (κ1) is 11.1. The van der Waals surface area contributed by atoms with Crippen LogP contribution in [0.4, 0.5) is 4.39 Å². The van der Waals surface area contributed by atoms with E-state index in [2.05, 4.69) is 0 Å². The van der Waals surface area contributed by atoms with Crippen LogP contribution in [0, 0.1) is 11.7 Å². The molecule has 0 aromatic heterocycles. The van der Waals surface area contributed by atoms with Crippen LogP contribution >= 0.6 is 0 Å². The predicted molar refractivity (Wildman–Crippen MR) is 58.7 cm³/mol. The van der Waals surface area contributed by atoms with Crippen molar-refractivity contribution < 1.29 is 14.3 Å². The Morgan fingerprint density at radius 1 is 1.31 bits per heavy atom. The van der Waals surface area contributed by atoms with Gasteiger partial charge < -0.3 is 5.11 Å².